The molecule has 5 rings (SSSR count). The molecule has 0 aromatic carbocycles. The van der Waals surface area contributed by atoms with Crippen molar-refractivity contribution < 1.29 is 34.2 Å². The quantitative estimate of drug-likeness (QED) is 0.153. The number of thiazole rings is 1. The maximum Gasteiger partial charge on any atom is 0.352 e. The van der Waals surface area contributed by atoms with Gasteiger partial charge in [0, 0.05) is 30.1 Å². The third-order valence-corrected chi connectivity index (χ3v) is 10.1. The van der Waals surface area contributed by atoms with Gasteiger partial charge in [-0.25, -0.2) is 14.6 Å². The van der Waals surface area contributed by atoms with Crippen LogP contribution in [0.5, 0.6) is 0 Å². The van der Waals surface area contributed by atoms with E-state index < -0.39 is 40.8 Å². The van der Waals surface area contributed by atoms with E-state index in [1.807, 2.05) is 23.4 Å². The summed E-state index contributed by atoms with van der Waals surface area (Å²) in [5.41, 5.74) is 4.98. The van der Waals surface area contributed by atoms with Crippen LogP contribution < -0.4 is 11.1 Å². The number of allylic oxidation sites excluding steroid dienone is 2. The number of fused-ring (bicyclic) bond motifs is 2. The van der Waals surface area contributed by atoms with Crippen molar-refractivity contribution in [3.05, 3.63) is 45.7 Å². The molecule has 0 bridgehead atoms. The topological polar surface area (TPSA) is 200 Å². The van der Waals surface area contributed by atoms with Gasteiger partial charge in [-0.1, -0.05) is 30.8 Å². The van der Waals surface area contributed by atoms with E-state index in [2.05, 4.69) is 29.3 Å². The lowest BCUT2D eigenvalue weighted by Gasteiger charge is -2.49. The highest BCUT2D eigenvalue weighted by atomic mass is 32.2. The number of oxime groups is 1. The minimum atomic E-state index is -1.76. The first-order valence-electron chi connectivity index (χ1n) is 13.6. The number of thioether (sulfide) groups is 2. The summed E-state index contributed by atoms with van der Waals surface area (Å²) in [4.78, 5) is 68.5. The van der Waals surface area contributed by atoms with Gasteiger partial charge in [0.15, 0.2) is 10.8 Å². The molecule has 1 aromatic rings. The number of nitrogen functional groups attached to an aromatic ring is 1. The van der Waals surface area contributed by atoms with Crippen LogP contribution in [0.1, 0.15) is 39.8 Å². The molecule has 14 nitrogen and oxygen atoms in total. The highest BCUT2D eigenvalue weighted by Crippen LogP contribution is 2.42. The number of β-lactam (4-membered cyclic amide) rings is 1. The molecule has 0 radical (unpaired) electrons. The van der Waals surface area contributed by atoms with E-state index in [4.69, 9.17) is 15.6 Å². The molecule has 3 atom stereocenters. The highest BCUT2D eigenvalue weighted by Gasteiger charge is 2.54. The average molecular weight is 662 g/mol. The molecule has 1 aromatic heterocycles. The second-order valence-electron chi connectivity index (χ2n) is 11.2. The van der Waals surface area contributed by atoms with Crippen molar-refractivity contribution in [2.75, 3.05) is 18.0 Å². The van der Waals surface area contributed by atoms with Gasteiger partial charge in [-0.3, -0.25) is 19.5 Å². The molecule has 234 valence electrons. The number of hydrogen-bond donors (Lipinski definition) is 4. The first-order chi connectivity index (χ1) is 20.7. The number of carboxylic acids is 2. The zero-order valence-corrected chi connectivity index (χ0v) is 26.7. The molecule has 1 saturated heterocycles. The molecule has 2 amide bonds. The van der Waals surface area contributed by atoms with E-state index in [9.17, 15) is 29.4 Å². The van der Waals surface area contributed by atoms with Crippen LogP contribution in [-0.2, 0) is 24.0 Å². The number of carbonyl (C=O) groups excluding carboxylic acids is 2. The Labute approximate surface area is 265 Å². The Kier molecular flexibility index (Phi) is 8.82. The number of aromatic nitrogens is 1. The second-order valence-corrected chi connectivity index (χ2v) is 14.4. The SMILES string of the molecule is CC(C)CC1N=C2C=CN(CC3=C(C(=O)O)N4C(=O)C(NC(=O)/C(=N\OC(C)(C)C(=O)O)c5csc(N)n5)[C@H]4SC3)C=C2S1. The van der Waals surface area contributed by atoms with Crippen LogP contribution in [0.15, 0.2) is 50.2 Å². The molecule has 1 fully saturated rings. The number of aliphatic imine (C=N–C) groups is 1. The lowest BCUT2D eigenvalue weighted by molar-refractivity contribution is -0.161. The van der Waals surface area contributed by atoms with Gasteiger partial charge in [-0.05, 0) is 37.8 Å². The van der Waals surface area contributed by atoms with Gasteiger partial charge in [0.1, 0.15) is 28.2 Å². The van der Waals surface area contributed by atoms with Crippen LogP contribution in [-0.4, -0.2) is 94.9 Å². The predicted octanol–water partition coefficient (Wildman–Crippen LogP) is 2.28. The van der Waals surface area contributed by atoms with Gasteiger partial charge >= 0.3 is 11.9 Å². The number of nitrogens with one attached hydrogen (secondary N) is 1. The first-order valence-corrected chi connectivity index (χ1v) is 16.4. The Bertz CT molecular complexity index is 1560. The summed E-state index contributed by atoms with van der Waals surface area (Å²) in [6.07, 6.45) is 6.68. The number of carboxylic acid groups (broad SMARTS) is 2. The number of aliphatic carboxylic acids is 2. The number of hydrogen-bond acceptors (Lipinski definition) is 13. The summed E-state index contributed by atoms with van der Waals surface area (Å²) >= 11 is 4.05. The molecular weight excluding hydrogens is 631 g/mol. The fourth-order valence-corrected chi connectivity index (χ4v) is 7.93. The Hall–Kier alpha value is -3.83. The minimum absolute atomic E-state index is 0.0346. The molecule has 5 heterocycles. The van der Waals surface area contributed by atoms with E-state index in [0.29, 0.717) is 17.2 Å². The molecule has 44 heavy (non-hydrogen) atoms. The maximum absolute atomic E-state index is 13.3. The van der Waals surface area contributed by atoms with Crippen molar-refractivity contribution in [1.29, 1.82) is 0 Å². The molecule has 2 unspecified atom stereocenters. The fraction of sp³-hybridized carbons (Fsp3) is 0.444. The fourth-order valence-electron chi connectivity index (χ4n) is 4.67. The summed E-state index contributed by atoms with van der Waals surface area (Å²) < 4.78 is 0. The van der Waals surface area contributed by atoms with Crippen LogP contribution in [0.2, 0.25) is 0 Å². The lowest BCUT2D eigenvalue weighted by atomic mass is 10.0. The zero-order chi connectivity index (χ0) is 31.9. The second kappa shape index (κ2) is 12.3. The number of nitrogens with two attached hydrogens (primary N) is 1. The number of anilines is 1. The Morgan fingerprint density at radius 3 is 2.68 bits per heavy atom. The van der Waals surface area contributed by atoms with Gasteiger partial charge < -0.3 is 31.0 Å². The van der Waals surface area contributed by atoms with Crippen molar-refractivity contribution in [3.63, 3.8) is 0 Å². The predicted molar refractivity (Wildman–Crippen MR) is 168 cm³/mol. The summed E-state index contributed by atoms with van der Waals surface area (Å²) in [5.74, 6) is -3.17. The van der Waals surface area contributed by atoms with E-state index in [-0.39, 0.29) is 34.2 Å². The number of carbonyl (C=O) groups is 4. The molecule has 0 spiro atoms. The molecule has 4 aliphatic heterocycles. The van der Waals surface area contributed by atoms with Crippen LogP contribution in [0.3, 0.4) is 0 Å². The lowest BCUT2D eigenvalue weighted by Crippen LogP contribution is -2.71. The average Bonchev–Trinajstić information content (AvgIpc) is 3.55. The largest absolute Gasteiger partial charge is 0.478 e. The third-order valence-electron chi connectivity index (χ3n) is 6.95. The van der Waals surface area contributed by atoms with Gasteiger partial charge in [0.05, 0.1) is 10.6 Å². The van der Waals surface area contributed by atoms with Crippen LogP contribution in [0.4, 0.5) is 5.13 Å². The standard InChI is InChI=1S/C27H31N7O7S3/c1-12(2)7-17-29-14-5-6-33(9-16(14)44-17)8-13-10-42-23-19(22(36)34(23)20(13)24(37)38)31-21(35)18(15-11-43-26(28)30-15)32-41-27(3,4)25(39)40/h5-6,9,11-12,17,19,23H,7-8,10H2,1-4H3,(H2,28,30)(H,31,35)(H,37,38)(H,39,40)/b32-18-/t17?,19?,23-/m1/s1. The summed E-state index contributed by atoms with van der Waals surface area (Å²) in [5, 5.41) is 26.9. The van der Waals surface area contributed by atoms with E-state index in [0.717, 1.165) is 28.4 Å². The summed E-state index contributed by atoms with van der Waals surface area (Å²) in [6, 6.07) is -1.05. The van der Waals surface area contributed by atoms with Crippen molar-refractivity contribution >= 4 is 75.2 Å². The van der Waals surface area contributed by atoms with Crippen LogP contribution in [0, 0.1) is 5.92 Å². The van der Waals surface area contributed by atoms with Crippen molar-refractivity contribution in [3.8, 4) is 0 Å². The molecule has 4 aliphatic rings. The number of rotatable bonds is 11. The Morgan fingerprint density at radius 1 is 1.30 bits per heavy atom. The van der Waals surface area contributed by atoms with Gasteiger partial charge in [0.2, 0.25) is 5.60 Å². The van der Waals surface area contributed by atoms with Crippen molar-refractivity contribution in [1.82, 2.24) is 20.1 Å². The van der Waals surface area contributed by atoms with Gasteiger partial charge in [-0.2, -0.15) is 0 Å². The highest BCUT2D eigenvalue weighted by molar-refractivity contribution is 8.05. The van der Waals surface area contributed by atoms with E-state index in [1.165, 1.54) is 35.9 Å². The molecule has 5 N–H and O–H groups in total. The normalized spacial score (nSPS) is 23.2. The smallest absolute Gasteiger partial charge is 0.352 e. The minimum Gasteiger partial charge on any atom is -0.478 e. The van der Waals surface area contributed by atoms with Gasteiger partial charge in [-0.15, -0.1) is 23.1 Å². The number of nitrogens with zero attached hydrogens (tertiary/aromatic N) is 5. The molecular formula is C27H31N7O7S3. The molecule has 0 saturated carbocycles. The van der Waals surface area contributed by atoms with Crippen LogP contribution in [0.25, 0.3) is 0 Å². The van der Waals surface area contributed by atoms with Gasteiger partial charge in [0.25, 0.3) is 11.8 Å². The Morgan fingerprint density at radius 2 is 2.05 bits per heavy atom. The zero-order valence-electron chi connectivity index (χ0n) is 24.2. The molecule has 17 heteroatoms. The first kappa shape index (κ1) is 31.6. The van der Waals surface area contributed by atoms with Crippen molar-refractivity contribution in [2.24, 2.45) is 16.1 Å². The summed E-state index contributed by atoms with van der Waals surface area (Å²) in [6.45, 7) is 7.09. The van der Waals surface area contributed by atoms with E-state index in [1.54, 1.807) is 11.8 Å². The maximum atomic E-state index is 13.3. The monoisotopic (exact) mass is 661 g/mol. The third kappa shape index (κ3) is 6.34. The number of amides is 2. The Balaban J connectivity index is 1.31. The van der Waals surface area contributed by atoms with Crippen molar-refractivity contribution in [2.45, 2.75) is 56.5 Å². The van der Waals surface area contributed by atoms with Crippen LogP contribution >= 0.6 is 34.9 Å². The summed E-state index contributed by atoms with van der Waals surface area (Å²) in [7, 11) is 0. The molecule has 0 aliphatic carbocycles. The van der Waals surface area contributed by atoms with E-state index >= 15 is 0 Å².